The molecule has 0 saturated heterocycles. The molecule has 0 aromatic rings. The van der Waals surface area contributed by atoms with Crippen LogP contribution in [0.1, 0.15) is 20.8 Å². The van der Waals surface area contributed by atoms with Crippen LogP contribution in [0.5, 0.6) is 0 Å². The van der Waals surface area contributed by atoms with E-state index in [4.69, 9.17) is 0 Å². The number of hydrogen-bond acceptors (Lipinski definition) is 0. The van der Waals surface area contributed by atoms with Crippen LogP contribution in [0.15, 0.2) is 0 Å². The van der Waals surface area contributed by atoms with E-state index in [-0.39, 0.29) is 49.6 Å². The summed E-state index contributed by atoms with van der Waals surface area (Å²) in [6, 6.07) is 0. The molecule has 0 radical (unpaired) electrons. The minimum atomic E-state index is 0. The summed E-state index contributed by atoms with van der Waals surface area (Å²) >= 11 is 5.27. The smallest absolute Gasteiger partial charge is 1.00 e. The van der Waals surface area contributed by atoms with E-state index in [9.17, 15) is 0 Å². The summed E-state index contributed by atoms with van der Waals surface area (Å²) in [6.45, 7) is 6.49. The molecule has 0 atom stereocenters. The van der Waals surface area contributed by atoms with Gasteiger partial charge in [0.2, 0.25) is 0 Å². The monoisotopic (exact) mass is 280 g/mol. The summed E-state index contributed by atoms with van der Waals surface area (Å²) in [4.78, 5) is 0. The Labute approximate surface area is 119 Å². The van der Waals surface area contributed by atoms with Crippen molar-refractivity contribution < 1.29 is 49.6 Å². The van der Waals surface area contributed by atoms with Crippen molar-refractivity contribution in [2.24, 2.45) is 5.92 Å². The minimum absolute atomic E-state index is 0. The Hall–Kier alpha value is 2.22. The van der Waals surface area contributed by atoms with Crippen LogP contribution in [-0.4, -0.2) is 32.6 Å². The van der Waals surface area contributed by atoms with Gasteiger partial charge in [-0.3, -0.25) is 0 Å². The maximum absolute atomic E-state index is 2.69. The molecular weight excluding hydrogens is 268 g/mol. The fraction of sp³-hybridized carbons (Fsp3) is 1.00. The summed E-state index contributed by atoms with van der Waals surface area (Å²) in [6.07, 6.45) is 0. The van der Waals surface area contributed by atoms with E-state index in [1.165, 1.54) is 10.6 Å². The Morgan fingerprint density at radius 3 is 1.00 bits per heavy atom. The molecule has 6 heteroatoms. The van der Waals surface area contributed by atoms with Crippen molar-refractivity contribution in [1.82, 2.24) is 0 Å². The summed E-state index contributed by atoms with van der Waals surface area (Å²) in [7, 11) is 0. The second kappa shape index (κ2) is 37.9. The van der Waals surface area contributed by atoms with Crippen LogP contribution >= 0.6 is 0 Å². The first-order chi connectivity index (χ1) is 3.68. The van der Waals surface area contributed by atoms with Gasteiger partial charge in [-0.15, -0.1) is 0 Å². The van der Waals surface area contributed by atoms with Gasteiger partial charge in [-0.1, -0.05) is 0 Å². The molecule has 0 fully saturated rings. The molecule has 0 rings (SSSR count). The van der Waals surface area contributed by atoms with Gasteiger partial charge in [0.15, 0.2) is 0 Å². The maximum Gasteiger partial charge on any atom is -1.00 e. The van der Waals surface area contributed by atoms with Crippen molar-refractivity contribution in [3.05, 3.63) is 0 Å². The summed E-state index contributed by atoms with van der Waals surface area (Å²) in [5.74, 6) is 0.847. The zero-order valence-corrected chi connectivity index (χ0v) is 13.0. The van der Waals surface area contributed by atoms with Gasteiger partial charge in [0.25, 0.3) is 0 Å². The first-order valence-electron chi connectivity index (χ1n) is 3.09. The largest absolute Gasteiger partial charge is 1.00 e. The average Bonchev–Trinajstić information content (AvgIpc) is 1.69. The number of rotatable bonds is 1. The van der Waals surface area contributed by atoms with Crippen molar-refractivity contribution >= 4 is 32.6 Å². The van der Waals surface area contributed by atoms with E-state index >= 15 is 0 Å². The van der Waals surface area contributed by atoms with Gasteiger partial charge < -0.3 is 49.6 Å². The van der Waals surface area contributed by atoms with Crippen LogP contribution in [0, 0.1) is 5.92 Å². The third kappa shape index (κ3) is 86.3. The second-order valence-electron chi connectivity index (χ2n) is 2.04. The molecule has 0 unspecified atom stereocenters. The van der Waals surface area contributed by atoms with E-state index in [1.807, 2.05) is 0 Å². The average molecular weight is 282 g/mol. The first kappa shape index (κ1) is 36.8. The van der Waals surface area contributed by atoms with Gasteiger partial charge in [0, 0.05) is 0 Å². The molecule has 12 heavy (non-hydrogen) atoms. The zero-order chi connectivity index (χ0) is 6.99. The summed E-state index contributed by atoms with van der Waals surface area (Å²) in [5.41, 5.74) is 0. The van der Waals surface area contributed by atoms with E-state index in [0.29, 0.717) is 0 Å². The SMILES string of the molecule is CC(C)[CH2][Al+2].C[CH2][Al+2].[Cl-].[Cl-].[Cl-].[Cl-]. The Morgan fingerprint density at radius 1 is 0.917 bits per heavy atom. The molecule has 72 valence electrons. The van der Waals surface area contributed by atoms with Gasteiger partial charge in [-0.2, -0.15) is 0 Å². The minimum Gasteiger partial charge on any atom is -1.00 e. The van der Waals surface area contributed by atoms with E-state index < -0.39 is 0 Å². The normalized spacial score (nSPS) is 5.67. The third-order valence-electron chi connectivity index (χ3n) is 0.471. The topological polar surface area (TPSA) is 0 Å². The van der Waals surface area contributed by atoms with Crippen molar-refractivity contribution in [3.8, 4) is 0 Å². The Balaban J connectivity index is -0.0000000119. The van der Waals surface area contributed by atoms with E-state index in [1.54, 1.807) is 0 Å². The Kier molecular flexibility index (Phi) is 116. The fourth-order valence-corrected chi connectivity index (χ4v) is 0. The fourth-order valence-electron chi connectivity index (χ4n) is 0. The van der Waals surface area contributed by atoms with Crippen LogP contribution in [0.4, 0.5) is 0 Å². The molecule has 0 N–H and O–H groups in total. The predicted molar refractivity (Wildman–Crippen MR) is 41.6 cm³/mol. The van der Waals surface area contributed by atoms with Gasteiger partial charge in [0.05, 0.1) is 0 Å². The van der Waals surface area contributed by atoms with Gasteiger partial charge >= 0.3 is 69.8 Å². The quantitative estimate of drug-likeness (QED) is 0.419. The van der Waals surface area contributed by atoms with Crippen LogP contribution in [0.25, 0.3) is 0 Å². The summed E-state index contributed by atoms with van der Waals surface area (Å²) < 4.78 is 0. The van der Waals surface area contributed by atoms with Crippen molar-refractivity contribution in [1.29, 1.82) is 0 Å². The van der Waals surface area contributed by atoms with Crippen LogP contribution in [0.2, 0.25) is 10.6 Å². The Morgan fingerprint density at radius 2 is 1.00 bits per heavy atom. The van der Waals surface area contributed by atoms with Gasteiger partial charge in [-0.05, 0) is 0 Å². The molecule has 0 aliphatic carbocycles. The zero-order valence-electron chi connectivity index (χ0n) is 7.66. The predicted octanol–water partition coefficient (Wildman–Crippen LogP) is -10.2. The van der Waals surface area contributed by atoms with Crippen molar-refractivity contribution in [2.45, 2.75) is 31.3 Å². The van der Waals surface area contributed by atoms with Gasteiger partial charge in [0.1, 0.15) is 0 Å². The first-order valence-corrected chi connectivity index (χ1v) is 4.72. The molecule has 0 aromatic carbocycles. The maximum atomic E-state index is 2.69. The summed E-state index contributed by atoms with van der Waals surface area (Å²) in [5, 5.41) is 2.39. The molecule has 0 saturated carbocycles. The van der Waals surface area contributed by atoms with Crippen LogP contribution in [-0.2, 0) is 0 Å². The second-order valence-corrected chi connectivity index (χ2v) is 3.33. The molecule has 0 nitrogen and oxygen atoms in total. The van der Waals surface area contributed by atoms with E-state index in [0.717, 1.165) is 5.92 Å². The van der Waals surface area contributed by atoms with Crippen molar-refractivity contribution in [2.75, 3.05) is 0 Å². The Bertz CT molecular complexity index is 38.7. The van der Waals surface area contributed by atoms with Gasteiger partial charge in [-0.25, -0.2) is 0 Å². The van der Waals surface area contributed by atoms with Crippen LogP contribution in [0.3, 0.4) is 0 Å². The molecule has 0 aromatic heterocycles. The molecule has 0 amide bonds. The standard InChI is InChI=1S/C4H9.C2H5.2Al.4ClH/c1-4(2)3;1-2;;;;;;/h4H,1H2,2-3H3;1H2,2H3;;;4*1H/q;;2*+2;;;;/p-4. The number of hydrogen-bond donors (Lipinski definition) is 0. The third-order valence-corrected chi connectivity index (χ3v) is 1.41. The molecular formula is C6H14Al2Cl4. The van der Waals surface area contributed by atoms with Crippen molar-refractivity contribution in [3.63, 3.8) is 0 Å². The molecule has 0 aliphatic rings. The molecule has 0 heterocycles. The number of halogens is 4. The molecule has 0 spiro atoms. The molecule has 0 bridgehead atoms. The molecule has 0 aliphatic heterocycles. The van der Waals surface area contributed by atoms with Crippen LogP contribution < -0.4 is 49.6 Å². The van der Waals surface area contributed by atoms with E-state index in [2.05, 4.69) is 53.4 Å².